The predicted octanol–water partition coefficient (Wildman–Crippen LogP) is 2.39. The highest BCUT2D eigenvalue weighted by Crippen LogP contribution is 2.25. The summed E-state index contributed by atoms with van der Waals surface area (Å²) >= 11 is 11.7. The van der Waals surface area contributed by atoms with Crippen molar-refractivity contribution in [1.82, 2.24) is 4.90 Å². The minimum atomic E-state index is -0.327. The second-order valence-electron chi connectivity index (χ2n) is 4.71. The maximum Gasteiger partial charge on any atom is 0.238 e. The first-order valence-corrected chi connectivity index (χ1v) is 6.95. The van der Waals surface area contributed by atoms with Gasteiger partial charge in [-0.1, -0.05) is 23.2 Å². The number of hydrogen-bond donors (Lipinski definition) is 2. The van der Waals surface area contributed by atoms with Crippen LogP contribution in [-0.2, 0) is 4.79 Å². The summed E-state index contributed by atoms with van der Waals surface area (Å²) in [6.45, 7) is 1.66. The minimum absolute atomic E-state index is 0.118. The van der Waals surface area contributed by atoms with Gasteiger partial charge in [0.05, 0.1) is 22.7 Å². The molecule has 2 rings (SSSR count). The zero-order valence-electron chi connectivity index (χ0n) is 10.4. The van der Waals surface area contributed by atoms with Crippen LogP contribution in [0.3, 0.4) is 0 Å². The highest BCUT2D eigenvalue weighted by molar-refractivity contribution is 6.42. The lowest BCUT2D eigenvalue weighted by Crippen LogP contribution is -2.42. The van der Waals surface area contributed by atoms with Gasteiger partial charge >= 0.3 is 0 Å². The molecule has 0 radical (unpaired) electrons. The third kappa shape index (κ3) is 4.35. The van der Waals surface area contributed by atoms with Gasteiger partial charge in [0, 0.05) is 12.2 Å². The lowest BCUT2D eigenvalue weighted by Gasteiger charge is -2.29. The fourth-order valence-corrected chi connectivity index (χ4v) is 2.45. The SMILES string of the molecule is O=C(CN1CCC[C@H](O)C1)Nc1ccc(Cl)c(Cl)c1. The Kier molecular flexibility index (Phi) is 5.05. The molecule has 0 spiro atoms. The number of halogens is 2. The number of nitrogens with one attached hydrogen (secondary N) is 1. The summed E-state index contributed by atoms with van der Waals surface area (Å²) in [5, 5.41) is 13.2. The Bertz CT molecular complexity index is 468. The van der Waals surface area contributed by atoms with Crippen LogP contribution in [0, 0.1) is 0 Å². The standard InChI is InChI=1S/C13H16Cl2N2O2/c14-11-4-3-9(6-12(11)15)16-13(19)8-17-5-1-2-10(18)7-17/h3-4,6,10,18H,1-2,5,7-8H2,(H,16,19)/t10-/m0/s1. The molecule has 1 atom stereocenters. The molecule has 1 heterocycles. The number of carbonyl (C=O) groups excluding carboxylic acids is 1. The van der Waals surface area contributed by atoms with Crippen LogP contribution in [-0.4, -0.2) is 41.7 Å². The molecule has 2 N–H and O–H groups in total. The van der Waals surface area contributed by atoms with Crippen LogP contribution in [0.25, 0.3) is 0 Å². The molecule has 1 saturated heterocycles. The fraction of sp³-hybridized carbons (Fsp3) is 0.462. The summed E-state index contributed by atoms with van der Waals surface area (Å²) in [5.41, 5.74) is 0.622. The molecule has 0 bridgehead atoms. The van der Waals surface area contributed by atoms with E-state index in [0.717, 1.165) is 19.4 Å². The van der Waals surface area contributed by atoms with Crippen molar-refractivity contribution in [3.63, 3.8) is 0 Å². The first-order chi connectivity index (χ1) is 9.04. The molecule has 1 aliphatic rings. The molecular weight excluding hydrogens is 287 g/mol. The number of piperidine rings is 1. The largest absolute Gasteiger partial charge is 0.392 e. The number of rotatable bonds is 3. The third-order valence-corrected chi connectivity index (χ3v) is 3.79. The summed E-state index contributed by atoms with van der Waals surface area (Å²) < 4.78 is 0. The molecule has 0 unspecified atom stereocenters. The Morgan fingerprint density at radius 3 is 2.89 bits per heavy atom. The molecule has 0 aromatic heterocycles. The molecule has 1 aliphatic heterocycles. The van der Waals surface area contributed by atoms with Gasteiger partial charge in [0.2, 0.25) is 5.91 Å². The quantitative estimate of drug-likeness (QED) is 0.901. The fourth-order valence-electron chi connectivity index (χ4n) is 2.15. The molecule has 1 amide bonds. The van der Waals surface area contributed by atoms with E-state index in [1.807, 2.05) is 4.90 Å². The number of anilines is 1. The lowest BCUT2D eigenvalue weighted by molar-refractivity contribution is -0.118. The first kappa shape index (κ1) is 14.6. The Morgan fingerprint density at radius 1 is 1.42 bits per heavy atom. The van der Waals surface area contributed by atoms with E-state index in [-0.39, 0.29) is 18.6 Å². The van der Waals surface area contributed by atoms with Crippen LogP contribution in [0.5, 0.6) is 0 Å². The maximum atomic E-state index is 11.9. The number of benzene rings is 1. The summed E-state index contributed by atoms with van der Waals surface area (Å²) in [7, 11) is 0. The third-order valence-electron chi connectivity index (χ3n) is 3.05. The Labute approximate surface area is 122 Å². The smallest absolute Gasteiger partial charge is 0.238 e. The van der Waals surface area contributed by atoms with Crippen molar-refractivity contribution >= 4 is 34.8 Å². The van der Waals surface area contributed by atoms with E-state index >= 15 is 0 Å². The molecule has 6 heteroatoms. The number of amides is 1. The molecule has 19 heavy (non-hydrogen) atoms. The van der Waals surface area contributed by atoms with Crippen LogP contribution in [0.2, 0.25) is 10.0 Å². The predicted molar refractivity (Wildman–Crippen MR) is 76.8 cm³/mol. The van der Waals surface area contributed by atoms with Gasteiger partial charge in [-0.05, 0) is 37.6 Å². The van der Waals surface area contributed by atoms with Gasteiger partial charge in [0.25, 0.3) is 0 Å². The Hall–Kier alpha value is -0.810. The number of aliphatic hydroxyl groups is 1. The summed E-state index contributed by atoms with van der Waals surface area (Å²) in [6.07, 6.45) is 1.40. The molecule has 0 aliphatic carbocycles. The van der Waals surface area contributed by atoms with Gasteiger partial charge in [0.1, 0.15) is 0 Å². The number of likely N-dealkylation sites (tertiary alicyclic amines) is 1. The van der Waals surface area contributed by atoms with Gasteiger partial charge in [0.15, 0.2) is 0 Å². The van der Waals surface area contributed by atoms with Gasteiger partial charge in [-0.25, -0.2) is 0 Å². The first-order valence-electron chi connectivity index (χ1n) is 6.20. The minimum Gasteiger partial charge on any atom is -0.392 e. The number of hydrogen-bond acceptors (Lipinski definition) is 3. The molecule has 4 nitrogen and oxygen atoms in total. The molecule has 104 valence electrons. The molecule has 0 saturated carbocycles. The van der Waals surface area contributed by atoms with E-state index < -0.39 is 0 Å². The van der Waals surface area contributed by atoms with Crippen LogP contribution in [0.1, 0.15) is 12.8 Å². The van der Waals surface area contributed by atoms with E-state index in [9.17, 15) is 9.90 Å². The number of carbonyl (C=O) groups is 1. The molecule has 1 aromatic rings. The van der Waals surface area contributed by atoms with Crippen molar-refractivity contribution in [2.75, 3.05) is 25.0 Å². The second kappa shape index (κ2) is 6.57. The van der Waals surface area contributed by atoms with E-state index in [2.05, 4.69) is 5.32 Å². The average Bonchev–Trinajstić information content (AvgIpc) is 2.34. The van der Waals surface area contributed by atoms with Gasteiger partial charge in [-0.3, -0.25) is 9.69 Å². The van der Waals surface area contributed by atoms with Crippen molar-refractivity contribution in [1.29, 1.82) is 0 Å². The van der Waals surface area contributed by atoms with E-state index in [1.165, 1.54) is 0 Å². The van der Waals surface area contributed by atoms with Gasteiger partial charge in [-0.15, -0.1) is 0 Å². The monoisotopic (exact) mass is 302 g/mol. The Morgan fingerprint density at radius 2 is 2.21 bits per heavy atom. The van der Waals surface area contributed by atoms with E-state index in [1.54, 1.807) is 18.2 Å². The van der Waals surface area contributed by atoms with Crippen LogP contribution >= 0.6 is 23.2 Å². The summed E-state index contributed by atoms with van der Waals surface area (Å²) in [6, 6.07) is 4.97. The van der Waals surface area contributed by atoms with Gasteiger partial charge in [-0.2, -0.15) is 0 Å². The Balaban J connectivity index is 1.88. The topological polar surface area (TPSA) is 52.6 Å². The zero-order valence-corrected chi connectivity index (χ0v) is 11.9. The van der Waals surface area contributed by atoms with Crippen LogP contribution in [0.4, 0.5) is 5.69 Å². The van der Waals surface area contributed by atoms with Crippen LogP contribution < -0.4 is 5.32 Å². The lowest BCUT2D eigenvalue weighted by atomic mass is 10.1. The number of β-amino-alcohol motifs (C(OH)–C–C–N with tert-alkyl or cyclic N) is 1. The van der Waals surface area contributed by atoms with E-state index in [4.69, 9.17) is 23.2 Å². The van der Waals surface area contributed by atoms with Crippen molar-refractivity contribution < 1.29 is 9.90 Å². The maximum absolute atomic E-state index is 11.9. The molecule has 1 aromatic carbocycles. The van der Waals surface area contributed by atoms with Crippen molar-refractivity contribution in [2.24, 2.45) is 0 Å². The normalized spacial score (nSPS) is 20.3. The summed E-state index contributed by atoms with van der Waals surface area (Å²) in [5.74, 6) is -0.118. The second-order valence-corrected chi connectivity index (χ2v) is 5.52. The van der Waals surface area contributed by atoms with Crippen molar-refractivity contribution in [3.8, 4) is 0 Å². The summed E-state index contributed by atoms with van der Waals surface area (Å²) in [4.78, 5) is 13.8. The van der Waals surface area contributed by atoms with Crippen LogP contribution in [0.15, 0.2) is 18.2 Å². The highest BCUT2D eigenvalue weighted by Gasteiger charge is 2.19. The van der Waals surface area contributed by atoms with Crippen molar-refractivity contribution in [2.45, 2.75) is 18.9 Å². The van der Waals surface area contributed by atoms with Gasteiger partial charge < -0.3 is 10.4 Å². The number of aliphatic hydroxyl groups excluding tert-OH is 1. The molecule has 1 fully saturated rings. The highest BCUT2D eigenvalue weighted by atomic mass is 35.5. The van der Waals surface area contributed by atoms with Crippen molar-refractivity contribution in [3.05, 3.63) is 28.2 Å². The van der Waals surface area contributed by atoms with E-state index in [0.29, 0.717) is 22.3 Å². The zero-order chi connectivity index (χ0) is 13.8. The molecular formula is C13H16Cl2N2O2. The average molecular weight is 303 g/mol. The number of nitrogens with zero attached hydrogens (tertiary/aromatic N) is 1.